The molecule has 1 aliphatic rings. The third-order valence-electron chi connectivity index (χ3n) is 2.94. The number of aromatic nitrogens is 2. The standard InChI is InChI=1S/C12H12BrN3/c1-8-11-7-16(15-12(11)6-14-8)10-4-2-3-9(13)5-10/h2-5,7-8,14H,6H2,1H3. The molecule has 1 aliphatic heterocycles. The second kappa shape index (κ2) is 3.71. The largest absolute Gasteiger partial charge is 0.304 e. The molecule has 1 atom stereocenters. The van der Waals surface area contributed by atoms with Gasteiger partial charge in [-0.1, -0.05) is 22.0 Å². The molecule has 0 spiro atoms. The Bertz CT molecular complexity index is 533. The summed E-state index contributed by atoms with van der Waals surface area (Å²) in [5.74, 6) is 0. The van der Waals surface area contributed by atoms with Gasteiger partial charge in [-0.2, -0.15) is 5.10 Å². The predicted octanol–water partition coefficient (Wildman–Crippen LogP) is 2.80. The quantitative estimate of drug-likeness (QED) is 0.869. The van der Waals surface area contributed by atoms with E-state index in [1.165, 1.54) is 5.56 Å². The maximum Gasteiger partial charge on any atom is 0.0814 e. The normalized spacial score (nSPS) is 18.8. The zero-order valence-corrected chi connectivity index (χ0v) is 10.5. The van der Waals surface area contributed by atoms with E-state index in [0.29, 0.717) is 6.04 Å². The van der Waals surface area contributed by atoms with Crippen molar-refractivity contribution in [3.05, 3.63) is 46.2 Å². The fourth-order valence-corrected chi connectivity index (χ4v) is 2.42. The topological polar surface area (TPSA) is 29.9 Å². The number of nitrogens with one attached hydrogen (secondary N) is 1. The summed E-state index contributed by atoms with van der Waals surface area (Å²) >= 11 is 3.47. The molecule has 3 rings (SSSR count). The number of benzene rings is 1. The molecule has 4 heteroatoms. The second-order valence-electron chi connectivity index (χ2n) is 4.06. The van der Waals surface area contributed by atoms with Crippen LogP contribution in [-0.4, -0.2) is 9.78 Å². The third-order valence-corrected chi connectivity index (χ3v) is 3.43. The highest BCUT2D eigenvalue weighted by Crippen LogP contribution is 2.25. The second-order valence-corrected chi connectivity index (χ2v) is 4.97. The lowest BCUT2D eigenvalue weighted by Crippen LogP contribution is -2.09. The Morgan fingerprint density at radius 3 is 3.12 bits per heavy atom. The SMILES string of the molecule is CC1NCc2nn(-c3cccc(Br)c3)cc21. The fraction of sp³-hybridized carbons (Fsp3) is 0.250. The highest BCUT2D eigenvalue weighted by Gasteiger charge is 2.21. The average molecular weight is 278 g/mol. The van der Waals surface area contributed by atoms with Crippen LogP contribution in [0.1, 0.15) is 24.2 Å². The van der Waals surface area contributed by atoms with Crippen LogP contribution in [-0.2, 0) is 6.54 Å². The minimum atomic E-state index is 0.413. The molecule has 3 nitrogen and oxygen atoms in total. The molecule has 0 aliphatic carbocycles. The van der Waals surface area contributed by atoms with Crippen LogP contribution in [0.4, 0.5) is 0 Å². The number of hydrogen-bond acceptors (Lipinski definition) is 2. The maximum absolute atomic E-state index is 4.59. The molecule has 2 aromatic rings. The summed E-state index contributed by atoms with van der Waals surface area (Å²) < 4.78 is 3.03. The summed E-state index contributed by atoms with van der Waals surface area (Å²) in [5, 5.41) is 7.96. The zero-order chi connectivity index (χ0) is 11.1. The van der Waals surface area contributed by atoms with Crippen molar-refractivity contribution in [2.24, 2.45) is 0 Å². The Balaban J connectivity index is 2.05. The van der Waals surface area contributed by atoms with Gasteiger partial charge in [0.05, 0.1) is 11.4 Å². The molecule has 0 amide bonds. The minimum absolute atomic E-state index is 0.413. The Kier molecular flexibility index (Phi) is 2.33. The average Bonchev–Trinajstić information content (AvgIpc) is 2.81. The van der Waals surface area contributed by atoms with Crippen LogP contribution in [0, 0.1) is 0 Å². The summed E-state index contributed by atoms with van der Waals surface area (Å²) in [6.07, 6.45) is 2.11. The molecule has 1 aromatic carbocycles. The number of halogens is 1. The van der Waals surface area contributed by atoms with Crippen molar-refractivity contribution < 1.29 is 0 Å². The van der Waals surface area contributed by atoms with E-state index in [4.69, 9.17) is 0 Å². The van der Waals surface area contributed by atoms with Crippen LogP contribution in [0.15, 0.2) is 34.9 Å². The van der Waals surface area contributed by atoms with Crippen LogP contribution in [0.3, 0.4) is 0 Å². The molecule has 0 saturated carbocycles. The summed E-state index contributed by atoms with van der Waals surface area (Å²) in [5.41, 5.74) is 3.56. The van der Waals surface area contributed by atoms with Gasteiger partial charge in [-0.15, -0.1) is 0 Å². The zero-order valence-electron chi connectivity index (χ0n) is 8.94. The molecule has 82 valence electrons. The maximum atomic E-state index is 4.59. The Labute approximate surface area is 103 Å². The first-order chi connectivity index (χ1) is 7.74. The van der Waals surface area contributed by atoms with Gasteiger partial charge in [-0.25, -0.2) is 4.68 Å². The van der Waals surface area contributed by atoms with Crippen molar-refractivity contribution >= 4 is 15.9 Å². The lowest BCUT2D eigenvalue weighted by Gasteiger charge is -2.04. The molecule has 0 bridgehead atoms. The van der Waals surface area contributed by atoms with Crippen LogP contribution >= 0.6 is 15.9 Å². The van der Waals surface area contributed by atoms with Gasteiger partial charge in [-0.05, 0) is 25.1 Å². The number of hydrogen-bond donors (Lipinski definition) is 1. The molecule has 0 fully saturated rings. The first-order valence-corrected chi connectivity index (χ1v) is 6.11. The lowest BCUT2D eigenvalue weighted by molar-refractivity contribution is 0.617. The van der Waals surface area contributed by atoms with Gasteiger partial charge in [0.25, 0.3) is 0 Å². The fourth-order valence-electron chi connectivity index (χ4n) is 2.03. The van der Waals surface area contributed by atoms with E-state index >= 15 is 0 Å². The Morgan fingerprint density at radius 2 is 2.38 bits per heavy atom. The smallest absolute Gasteiger partial charge is 0.0814 e. The van der Waals surface area contributed by atoms with Gasteiger partial charge < -0.3 is 5.32 Å². The monoisotopic (exact) mass is 277 g/mol. The van der Waals surface area contributed by atoms with E-state index in [9.17, 15) is 0 Å². The molecule has 2 heterocycles. The molecule has 1 N–H and O–H groups in total. The van der Waals surface area contributed by atoms with Crippen molar-refractivity contribution in [1.29, 1.82) is 0 Å². The van der Waals surface area contributed by atoms with Crippen molar-refractivity contribution in [3.8, 4) is 5.69 Å². The highest BCUT2D eigenvalue weighted by molar-refractivity contribution is 9.10. The van der Waals surface area contributed by atoms with Crippen LogP contribution in [0.5, 0.6) is 0 Å². The summed E-state index contributed by atoms with van der Waals surface area (Å²) in [7, 11) is 0. The molecule has 1 aromatic heterocycles. The van der Waals surface area contributed by atoms with Crippen molar-refractivity contribution in [2.45, 2.75) is 19.5 Å². The van der Waals surface area contributed by atoms with Crippen molar-refractivity contribution in [2.75, 3.05) is 0 Å². The van der Waals surface area contributed by atoms with E-state index < -0.39 is 0 Å². The number of nitrogens with zero attached hydrogens (tertiary/aromatic N) is 2. The Hall–Kier alpha value is -1.13. The van der Waals surface area contributed by atoms with Gasteiger partial charge in [0, 0.05) is 28.8 Å². The minimum Gasteiger partial charge on any atom is -0.304 e. The van der Waals surface area contributed by atoms with Gasteiger partial charge in [0.15, 0.2) is 0 Å². The molecule has 1 unspecified atom stereocenters. The molecular formula is C12H12BrN3. The first-order valence-electron chi connectivity index (χ1n) is 5.32. The van der Waals surface area contributed by atoms with Gasteiger partial charge >= 0.3 is 0 Å². The highest BCUT2D eigenvalue weighted by atomic mass is 79.9. The van der Waals surface area contributed by atoms with Gasteiger partial charge in [-0.3, -0.25) is 0 Å². The van der Waals surface area contributed by atoms with Gasteiger partial charge in [0.1, 0.15) is 0 Å². The third kappa shape index (κ3) is 1.58. The van der Waals surface area contributed by atoms with E-state index in [1.807, 2.05) is 16.8 Å². The lowest BCUT2D eigenvalue weighted by atomic mass is 10.2. The van der Waals surface area contributed by atoms with Crippen LogP contribution < -0.4 is 5.32 Å². The Morgan fingerprint density at radius 1 is 1.50 bits per heavy atom. The summed E-state index contributed by atoms with van der Waals surface area (Å²) in [4.78, 5) is 0. The first kappa shape index (κ1) is 10.1. The van der Waals surface area contributed by atoms with E-state index in [1.54, 1.807) is 0 Å². The number of fused-ring (bicyclic) bond motifs is 1. The molecule has 0 saturated heterocycles. The van der Waals surface area contributed by atoms with Crippen molar-refractivity contribution in [3.63, 3.8) is 0 Å². The van der Waals surface area contributed by atoms with E-state index in [2.05, 4.69) is 51.6 Å². The molecule has 0 radical (unpaired) electrons. The van der Waals surface area contributed by atoms with Crippen LogP contribution in [0.25, 0.3) is 5.69 Å². The van der Waals surface area contributed by atoms with E-state index in [0.717, 1.165) is 22.4 Å². The van der Waals surface area contributed by atoms with Crippen LogP contribution in [0.2, 0.25) is 0 Å². The predicted molar refractivity (Wildman–Crippen MR) is 66.5 cm³/mol. The molecule has 16 heavy (non-hydrogen) atoms. The van der Waals surface area contributed by atoms with Crippen molar-refractivity contribution in [1.82, 2.24) is 15.1 Å². The molecular weight excluding hydrogens is 266 g/mol. The van der Waals surface area contributed by atoms with E-state index in [-0.39, 0.29) is 0 Å². The summed E-state index contributed by atoms with van der Waals surface area (Å²) in [6, 6.07) is 8.58. The van der Waals surface area contributed by atoms with Gasteiger partial charge in [0.2, 0.25) is 0 Å². The number of rotatable bonds is 1. The summed E-state index contributed by atoms with van der Waals surface area (Å²) in [6.45, 7) is 3.04.